The number of nitrogens with zero attached hydrogens (tertiary/aromatic N) is 5. The molecule has 45 heavy (non-hydrogen) atoms. The van der Waals surface area contributed by atoms with Gasteiger partial charge in [-0.05, 0) is 48.8 Å². The first-order valence-corrected chi connectivity index (χ1v) is 15.1. The molecule has 1 fully saturated rings. The predicted molar refractivity (Wildman–Crippen MR) is 173 cm³/mol. The van der Waals surface area contributed by atoms with Crippen molar-refractivity contribution >= 4 is 57.2 Å². The van der Waals surface area contributed by atoms with Gasteiger partial charge < -0.3 is 9.84 Å². The van der Waals surface area contributed by atoms with E-state index in [1.54, 1.807) is 0 Å². The van der Waals surface area contributed by atoms with Gasteiger partial charge in [-0.2, -0.15) is 10.1 Å². The zero-order chi connectivity index (χ0) is 30.6. The molecule has 0 spiro atoms. The second-order valence-corrected chi connectivity index (χ2v) is 11.3. The number of hydrogen-bond donors (Lipinski definition) is 2. The number of aliphatic hydroxyl groups is 1. The second kappa shape index (κ2) is 15.1. The molecule has 0 bridgehead atoms. The van der Waals surface area contributed by atoms with Crippen molar-refractivity contribution in [3.8, 4) is 22.5 Å². The zero-order valence-electron chi connectivity index (χ0n) is 24.7. The third kappa shape index (κ3) is 7.22. The van der Waals surface area contributed by atoms with Crippen LogP contribution in [0.25, 0.3) is 28.3 Å². The first-order chi connectivity index (χ1) is 21.5. The van der Waals surface area contributed by atoms with Crippen LogP contribution in [0.2, 0.25) is 0 Å². The van der Waals surface area contributed by atoms with E-state index < -0.39 is 11.9 Å². The first-order valence-electron chi connectivity index (χ1n) is 15.1. The molecule has 1 aliphatic carbocycles. The predicted octanol–water partition coefficient (Wildman–Crippen LogP) is 3.84. The van der Waals surface area contributed by atoms with Crippen molar-refractivity contribution in [1.29, 1.82) is 0 Å². The van der Waals surface area contributed by atoms with Gasteiger partial charge >= 0.3 is 57.1 Å². The van der Waals surface area contributed by atoms with Crippen LogP contribution >= 0.6 is 0 Å². The summed E-state index contributed by atoms with van der Waals surface area (Å²) in [6.07, 6.45) is 7.51. The minimum absolute atomic E-state index is 0. The number of nitrogens with one attached hydrogen (secondary N) is 1. The number of aliphatic hydroxyl groups excluding tert-OH is 1. The molecule has 0 aliphatic heterocycles. The first kappa shape index (κ1) is 33.4. The fourth-order valence-corrected chi connectivity index (χ4v) is 6.14. The van der Waals surface area contributed by atoms with Gasteiger partial charge in [0.1, 0.15) is 6.33 Å². The number of hydrogen-bond acceptors (Lipinski definition) is 8. The fourth-order valence-electron chi connectivity index (χ4n) is 6.14. The average Bonchev–Trinajstić information content (AvgIpc) is 3.72. The summed E-state index contributed by atoms with van der Waals surface area (Å²) in [5.74, 6) is 0.342. The maximum atomic E-state index is 14.3. The van der Waals surface area contributed by atoms with Gasteiger partial charge in [-0.25, -0.2) is 9.31 Å². The van der Waals surface area contributed by atoms with E-state index in [1.165, 1.54) is 12.4 Å². The number of rotatable bonds is 11. The van der Waals surface area contributed by atoms with E-state index in [2.05, 4.69) is 33.7 Å². The summed E-state index contributed by atoms with van der Waals surface area (Å²) in [5, 5.41) is 18.2. The SMILES string of the molecule is C=CC(O)COC1CCC(n2c(=O)c(Cc3ccc(-c4ccccc4-c4noc(=O)[nH]4)cc3)c(CCC)n3ncnc23)CC1.[KH]. The Kier molecular flexibility index (Phi) is 11.2. The Hall–Kier alpha value is -2.97. The number of benzene rings is 2. The third-order valence-electron chi connectivity index (χ3n) is 8.36. The Morgan fingerprint density at radius 1 is 1.11 bits per heavy atom. The molecule has 0 amide bonds. The number of H-pyrrole nitrogens is 1. The normalized spacial score (nSPS) is 17.2. The van der Waals surface area contributed by atoms with Crippen molar-refractivity contribution < 1.29 is 14.4 Å². The summed E-state index contributed by atoms with van der Waals surface area (Å²) >= 11 is 0. The van der Waals surface area contributed by atoms with Crippen LogP contribution in [0.15, 0.2) is 81.6 Å². The molecule has 12 heteroatoms. The van der Waals surface area contributed by atoms with E-state index >= 15 is 0 Å². The number of aromatic amines is 1. The monoisotopic (exact) mass is 636 g/mol. The molecule has 3 heterocycles. The Morgan fingerprint density at radius 2 is 1.84 bits per heavy atom. The van der Waals surface area contributed by atoms with Gasteiger partial charge in [0.25, 0.3) is 5.56 Å². The van der Waals surface area contributed by atoms with Crippen molar-refractivity contribution in [2.45, 2.75) is 70.1 Å². The van der Waals surface area contributed by atoms with Gasteiger partial charge in [0.15, 0.2) is 5.82 Å². The Labute approximate surface area is 302 Å². The van der Waals surface area contributed by atoms with Gasteiger partial charge in [-0.1, -0.05) is 73.1 Å². The average molecular weight is 637 g/mol. The molecule has 0 radical (unpaired) electrons. The van der Waals surface area contributed by atoms with Crippen LogP contribution in [0.3, 0.4) is 0 Å². The van der Waals surface area contributed by atoms with Crippen LogP contribution in [0.5, 0.6) is 0 Å². The molecule has 1 aliphatic rings. The van der Waals surface area contributed by atoms with Crippen LogP contribution in [-0.2, 0) is 17.6 Å². The number of aromatic nitrogens is 6. The Morgan fingerprint density at radius 3 is 2.51 bits per heavy atom. The summed E-state index contributed by atoms with van der Waals surface area (Å²) in [4.78, 5) is 33.0. The topological polar surface area (TPSA) is 141 Å². The van der Waals surface area contributed by atoms with Gasteiger partial charge in [-0.15, -0.1) is 6.58 Å². The zero-order valence-corrected chi connectivity index (χ0v) is 24.7. The minimum atomic E-state index is -0.678. The van der Waals surface area contributed by atoms with E-state index in [9.17, 15) is 14.7 Å². The number of aryl methyl sites for hydroxylation is 1. The van der Waals surface area contributed by atoms with E-state index in [-0.39, 0.29) is 75.7 Å². The van der Waals surface area contributed by atoms with Gasteiger partial charge in [0.2, 0.25) is 5.78 Å². The quantitative estimate of drug-likeness (QED) is 0.165. The molecule has 0 saturated heterocycles. The molecular formula is C33H37KN6O5. The van der Waals surface area contributed by atoms with Crippen molar-refractivity contribution in [2.75, 3.05) is 6.61 Å². The molecular weight excluding hydrogens is 599 g/mol. The standard InChI is InChI=1S/C33H36N6O5.K.H/c1-3-7-29-28(18-21-10-12-22(13-11-21)26-8-5-6-9-27(26)30-36-33(42)44-37-30)31(41)38(32-34-20-35-39(29)32)23-14-16-25(17-15-23)43-19-24(40)4-2;;/h4-6,8-13,20,23-25,40H,2-3,7,14-19H2,1H3,(H,36,37,42);;. The van der Waals surface area contributed by atoms with Crippen LogP contribution in [0.4, 0.5) is 0 Å². The number of fused-ring (bicyclic) bond motifs is 1. The van der Waals surface area contributed by atoms with Crippen molar-refractivity contribution in [3.63, 3.8) is 0 Å². The molecule has 2 N–H and O–H groups in total. The summed E-state index contributed by atoms with van der Waals surface area (Å²) in [6, 6.07) is 15.7. The van der Waals surface area contributed by atoms with Crippen LogP contribution < -0.4 is 11.3 Å². The van der Waals surface area contributed by atoms with Crippen LogP contribution in [0, 0.1) is 0 Å². The molecule has 5 aromatic rings. The Balaban J connectivity index is 0.00000400. The van der Waals surface area contributed by atoms with E-state index in [0.29, 0.717) is 24.4 Å². The Bertz CT molecular complexity index is 1870. The van der Waals surface area contributed by atoms with Gasteiger partial charge in [0, 0.05) is 23.6 Å². The van der Waals surface area contributed by atoms with E-state index in [0.717, 1.165) is 65.6 Å². The van der Waals surface area contributed by atoms with Crippen molar-refractivity contribution in [1.82, 2.24) is 29.3 Å². The molecule has 1 saturated carbocycles. The molecule has 1 atom stereocenters. The molecule has 1 unspecified atom stereocenters. The molecule has 6 rings (SSSR count). The molecule has 230 valence electrons. The maximum absolute atomic E-state index is 14.3. The van der Waals surface area contributed by atoms with Crippen molar-refractivity contribution in [3.05, 3.63) is 105 Å². The van der Waals surface area contributed by atoms with E-state index in [4.69, 9.17) is 9.26 Å². The summed E-state index contributed by atoms with van der Waals surface area (Å²) in [7, 11) is 0. The second-order valence-electron chi connectivity index (χ2n) is 11.3. The van der Waals surface area contributed by atoms with Gasteiger partial charge in [-0.3, -0.25) is 18.9 Å². The number of ether oxygens (including phenoxy) is 1. The van der Waals surface area contributed by atoms with Crippen LogP contribution in [-0.4, -0.2) is 105 Å². The summed E-state index contributed by atoms with van der Waals surface area (Å²) < 4.78 is 14.3. The molecule has 11 nitrogen and oxygen atoms in total. The summed E-state index contributed by atoms with van der Waals surface area (Å²) in [6.45, 7) is 5.93. The van der Waals surface area contributed by atoms with E-state index in [1.807, 2.05) is 57.6 Å². The molecule has 2 aromatic carbocycles. The molecule has 3 aromatic heterocycles. The van der Waals surface area contributed by atoms with Crippen LogP contribution in [0.1, 0.15) is 61.9 Å². The fraction of sp³-hybridized carbons (Fsp3) is 0.364. The van der Waals surface area contributed by atoms with Gasteiger partial charge in [0.05, 0.1) is 24.5 Å². The van der Waals surface area contributed by atoms with Crippen molar-refractivity contribution in [2.24, 2.45) is 0 Å². The summed E-state index contributed by atoms with van der Waals surface area (Å²) in [5.41, 5.74) is 5.20. The third-order valence-corrected chi connectivity index (χ3v) is 8.36.